The smallest absolute Gasteiger partial charge is 0.255 e. The molecule has 0 aromatic heterocycles. The summed E-state index contributed by atoms with van der Waals surface area (Å²) >= 11 is 0. The molecule has 1 fully saturated rings. The van der Waals surface area contributed by atoms with Gasteiger partial charge in [-0.3, -0.25) is 14.4 Å². The monoisotopic (exact) mass is 423 g/mol. The van der Waals surface area contributed by atoms with Gasteiger partial charge in [0.05, 0.1) is 12.2 Å². The summed E-state index contributed by atoms with van der Waals surface area (Å²) in [5, 5.41) is 8.52. The topological polar surface area (TPSA) is 96.5 Å². The van der Waals surface area contributed by atoms with Crippen LogP contribution in [0, 0.1) is 11.8 Å². The number of nitrogens with one attached hydrogen (secondary N) is 3. The van der Waals surface area contributed by atoms with E-state index < -0.39 is 6.04 Å². The first-order chi connectivity index (χ1) is 14.9. The van der Waals surface area contributed by atoms with Crippen molar-refractivity contribution in [2.45, 2.75) is 39.7 Å². The fraction of sp³-hybridized carbons (Fsp3) is 0.375. The number of amides is 3. The molecule has 1 saturated carbocycles. The molecule has 0 radical (unpaired) electrons. The van der Waals surface area contributed by atoms with Crippen molar-refractivity contribution in [3.8, 4) is 5.75 Å². The standard InChI is InChI=1S/C24H29N3O4/c1-4-31-20-8-6-5-7-19(20)23(29)27-21(15(2)3)24(30)26-18-13-11-17(12-14-18)25-22(28)16-9-10-16/h5-8,11-16,21H,4,9-10H2,1-3H3,(H,25,28)(H,26,30)(H,27,29). The van der Waals surface area contributed by atoms with E-state index in [4.69, 9.17) is 4.74 Å². The van der Waals surface area contributed by atoms with Gasteiger partial charge < -0.3 is 20.7 Å². The first-order valence-corrected chi connectivity index (χ1v) is 10.6. The average molecular weight is 424 g/mol. The molecule has 0 aliphatic heterocycles. The molecule has 7 heteroatoms. The molecule has 1 atom stereocenters. The fourth-order valence-electron chi connectivity index (χ4n) is 3.14. The van der Waals surface area contributed by atoms with Gasteiger partial charge in [0.15, 0.2) is 0 Å². The number of rotatable bonds is 9. The zero-order valence-electron chi connectivity index (χ0n) is 18.1. The first-order valence-electron chi connectivity index (χ1n) is 10.6. The Labute approximate surface area is 182 Å². The quantitative estimate of drug-likeness (QED) is 0.571. The molecule has 3 rings (SSSR count). The second-order valence-corrected chi connectivity index (χ2v) is 7.95. The number of hydrogen-bond acceptors (Lipinski definition) is 4. The molecular weight excluding hydrogens is 394 g/mol. The van der Waals surface area contributed by atoms with Crippen LogP contribution in [-0.2, 0) is 9.59 Å². The van der Waals surface area contributed by atoms with Crippen LogP contribution in [-0.4, -0.2) is 30.4 Å². The van der Waals surface area contributed by atoms with Gasteiger partial charge in [0, 0.05) is 17.3 Å². The van der Waals surface area contributed by atoms with Gasteiger partial charge in [0.1, 0.15) is 11.8 Å². The maximum absolute atomic E-state index is 12.9. The summed E-state index contributed by atoms with van der Waals surface area (Å²) in [5.41, 5.74) is 1.67. The predicted molar refractivity (Wildman–Crippen MR) is 120 cm³/mol. The Balaban J connectivity index is 1.63. The summed E-state index contributed by atoms with van der Waals surface area (Å²) in [4.78, 5) is 37.5. The van der Waals surface area contributed by atoms with Gasteiger partial charge in [-0.1, -0.05) is 26.0 Å². The van der Waals surface area contributed by atoms with Gasteiger partial charge in [0.25, 0.3) is 5.91 Å². The van der Waals surface area contributed by atoms with Crippen LogP contribution in [0.2, 0.25) is 0 Å². The van der Waals surface area contributed by atoms with E-state index >= 15 is 0 Å². The minimum atomic E-state index is -0.726. The van der Waals surface area contributed by atoms with E-state index in [0.717, 1.165) is 12.8 Å². The van der Waals surface area contributed by atoms with E-state index in [9.17, 15) is 14.4 Å². The van der Waals surface area contributed by atoms with E-state index in [0.29, 0.717) is 29.3 Å². The van der Waals surface area contributed by atoms with Crippen molar-refractivity contribution in [3.05, 3.63) is 54.1 Å². The Hall–Kier alpha value is -3.35. The molecule has 7 nitrogen and oxygen atoms in total. The number of carbonyl (C=O) groups is 3. The Kier molecular flexibility index (Phi) is 7.28. The van der Waals surface area contributed by atoms with Gasteiger partial charge in [-0.2, -0.15) is 0 Å². The third kappa shape index (κ3) is 6.07. The summed E-state index contributed by atoms with van der Waals surface area (Å²) in [6.07, 6.45) is 1.88. The molecule has 2 aromatic carbocycles. The normalized spacial score (nSPS) is 13.9. The zero-order chi connectivity index (χ0) is 22.4. The highest BCUT2D eigenvalue weighted by molar-refractivity contribution is 6.02. The third-order valence-electron chi connectivity index (χ3n) is 5.04. The van der Waals surface area contributed by atoms with Gasteiger partial charge in [-0.25, -0.2) is 0 Å². The SMILES string of the molecule is CCOc1ccccc1C(=O)NC(C(=O)Nc1ccc(NC(=O)C2CC2)cc1)C(C)C. The molecule has 3 amide bonds. The maximum Gasteiger partial charge on any atom is 0.255 e. The number of benzene rings is 2. The molecular formula is C24H29N3O4. The van der Waals surface area contributed by atoms with Crippen LogP contribution in [0.3, 0.4) is 0 Å². The van der Waals surface area contributed by atoms with Gasteiger partial charge in [0.2, 0.25) is 11.8 Å². The number of para-hydroxylation sites is 1. The lowest BCUT2D eigenvalue weighted by molar-refractivity contribution is -0.119. The Bertz CT molecular complexity index is 936. The van der Waals surface area contributed by atoms with Crippen molar-refractivity contribution >= 4 is 29.1 Å². The average Bonchev–Trinajstić information content (AvgIpc) is 3.59. The molecule has 31 heavy (non-hydrogen) atoms. The van der Waals surface area contributed by atoms with Crippen molar-refractivity contribution in [1.82, 2.24) is 5.32 Å². The van der Waals surface area contributed by atoms with Crippen molar-refractivity contribution in [1.29, 1.82) is 0 Å². The summed E-state index contributed by atoms with van der Waals surface area (Å²) in [6, 6.07) is 13.2. The molecule has 0 saturated heterocycles. The summed E-state index contributed by atoms with van der Waals surface area (Å²) in [5.74, 6) is -0.160. The van der Waals surface area contributed by atoms with E-state index in [2.05, 4.69) is 16.0 Å². The highest BCUT2D eigenvalue weighted by Gasteiger charge is 2.29. The number of ether oxygens (including phenoxy) is 1. The van der Waals surface area contributed by atoms with Crippen LogP contribution in [0.15, 0.2) is 48.5 Å². The fourth-order valence-corrected chi connectivity index (χ4v) is 3.14. The van der Waals surface area contributed by atoms with Crippen LogP contribution < -0.4 is 20.7 Å². The number of carbonyl (C=O) groups excluding carboxylic acids is 3. The lowest BCUT2D eigenvalue weighted by atomic mass is 10.0. The third-order valence-corrected chi connectivity index (χ3v) is 5.04. The van der Waals surface area contributed by atoms with Crippen LogP contribution in [0.4, 0.5) is 11.4 Å². The molecule has 164 valence electrons. The second kappa shape index (κ2) is 10.1. The highest BCUT2D eigenvalue weighted by Crippen LogP contribution is 2.30. The minimum Gasteiger partial charge on any atom is -0.493 e. The predicted octanol–water partition coefficient (Wildman–Crippen LogP) is 3.83. The zero-order valence-corrected chi connectivity index (χ0v) is 18.1. The first kappa shape index (κ1) is 22.3. The summed E-state index contributed by atoms with van der Waals surface area (Å²) in [7, 11) is 0. The lowest BCUT2D eigenvalue weighted by Gasteiger charge is -2.22. The highest BCUT2D eigenvalue weighted by atomic mass is 16.5. The van der Waals surface area contributed by atoms with Crippen LogP contribution in [0.5, 0.6) is 5.75 Å². The van der Waals surface area contributed by atoms with Crippen molar-refractivity contribution in [2.24, 2.45) is 11.8 Å². The van der Waals surface area contributed by atoms with Gasteiger partial charge in [-0.15, -0.1) is 0 Å². The van der Waals surface area contributed by atoms with Crippen LogP contribution >= 0.6 is 0 Å². The van der Waals surface area contributed by atoms with E-state index in [1.807, 2.05) is 20.8 Å². The summed E-state index contributed by atoms with van der Waals surface area (Å²) < 4.78 is 5.52. The van der Waals surface area contributed by atoms with Crippen molar-refractivity contribution < 1.29 is 19.1 Å². The van der Waals surface area contributed by atoms with Crippen molar-refractivity contribution in [3.63, 3.8) is 0 Å². The molecule has 1 aliphatic rings. The number of hydrogen-bond donors (Lipinski definition) is 3. The number of anilines is 2. The molecule has 0 bridgehead atoms. The van der Waals surface area contributed by atoms with E-state index in [-0.39, 0.29) is 29.6 Å². The maximum atomic E-state index is 12.9. The van der Waals surface area contributed by atoms with Gasteiger partial charge in [-0.05, 0) is 62.1 Å². The Morgan fingerprint density at radius 2 is 1.58 bits per heavy atom. The van der Waals surface area contributed by atoms with E-state index in [1.165, 1.54) is 0 Å². The molecule has 3 N–H and O–H groups in total. The summed E-state index contributed by atoms with van der Waals surface area (Å²) in [6.45, 7) is 6.03. The minimum absolute atomic E-state index is 0.0340. The van der Waals surface area contributed by atoms with Crippen molar-refractivity contribution in [2.75, 3.05) is 17.2 Å². The van der Waals surface area contributed by atoms with Crippen LogP contribution in [0.1, 0.15) is 44.0 Å². The Morgan fingerprint density at radius 1 is 0.968 bits per heavy atom. The largest absolute Gasteiger partial charge is 0.493 e. The lowest BCUT2D eigenvalue weighted by Crippen LogP contribution is -2.47. The molecule has 2 aromatic rings. The molecule has 1 aliphatic carbocycles. The molecule has 0 spiro atoms. The van der Waals surface area contributed by atoms with E-state index in [1.54, 1.807) is 48.5 Å². The second-order valence-electron chi connectivity index (χ2n) is 7.95. The molecule has 1 unspecified atom stereocenters. The van der Waals surface area contributed by atoms with Crippen LogP contribution in [0.25, 0.3) is 0 Å². The molecule has 0 heterocycles. The van der Waals surface area contributed by atoms with Gasteiger partial charge >= 0.3 is 0 Å². The Morgan fingerprint density at radius 3 is 2.16 bits per heavy atom.